The van der Waals surface area contributed by atoms with Crippen molar-refractivity contribution in [1.82, 2.24) is 10.2 Å². The molecule has 15 heavy (non-hydrogen) atoms. The molecule has 0 aromatic carbocycles. The van der Waals surface area contributed by atoms with Crippen molar-refractivity contribution < 1.29 is 9.53 Å². The number of carbonyl (C=O) groups excluding carboxylic acids is 1. The third kappa shape index (κ3) is 3.68. The Balaban J connectivity index is 2.46. The van der Waals surface area contributed by atoms with Crippen molar-refractivity contribution in [1.29, 1.82) is 0 Å². The SMILES string of the molecule is CC1CN(C(=O)OC(C)(C)CN)CCN1. The summed E-state index contributed by atoms with van der Waals surface area (Å²) >= 11 is 0. The van der Waals surface area contributed by atoms with E-state index in [1.165, 1.54) is 0 Å². The lowest BCUT2D eigenvalue weighted by atomic mass is 10.1. The molecule has 1 saturated heterocycles. The maximum atomic E-state index is 11.7. The fraction of sp³-hybridized carbons (Fsp3) is 0.900. The average molecular weight is 215 g/mol. The predicted octanol–water partition coefficient (Wildman–Crippen LogP) is 0.154. The van der Waals surface area contributed by atoms with Gasteiger partial charge in [-0.3, -0.25) is 0 Å². The zero-order valence-corrected chi connectivity index (χ0v) is 9.75. The molecular weight excluding hydrogens is 194 g/mol. The minimum Gasteiger partial charge on any atom is -0.442 e. The molecule has 0 spiro atoms. The van der Waals surface area contributed by atoms with Crippen LogP contribution in [0.5, 0.6) is 0 Å². The van der Waals surface area contributed by atoms with Gasteiger partial charge in [0, 0.05) is 32.2 Å². The molecule has 88 valence electrons. The van der Waals surface area contributed by atoms with Gasteiger partial charge in [0.2, 0.25) is 0 Å². The van der Waals surface area contributed by atoms with E-state index in [0.29, 0.717) is 25.7 Å². The van der Waals surface area contributed by atoms with E-state index in [9.17, 15) is 4.79 Å². The topological polar surface area (TPSA) is 67.6 Å². The summed E-state index contributed by atoms with van der Waals surface area (Å²) in [5, 5.41) is 3.27. The molecular formula is C10H21N3O2. The van der Waals surface area contributed by atoms with Crippen molar-refractivity contribution in [2.24, 2.45) is 5.73 Å². The van der Waals surface area contributed by atoms with E-state index in [-0.39, 0.29) is 6.09 Å². The second kappa shape index (κ2) is 4.81. The van der Waals surface area contributed by atoms with Crippen molar-refractivity contribution >= 4 is 6.09 Å². The van der Waals surface area contributed by atoms with Gasteiger partial charge in [0.15, 0.2) is 0 Å². The Morgan fingerprint density at radius 2 is 2.33 bits per heavy atom. The van der Waals surface area contributed by atoms with Crippen LogP contribution in [0.1, 0.15) is 20.8 Å². The van der Waals surface area contributed by atoms with Crippen molar-refractivity contribution in [2.45, 2.75) is 32.4 Å². The number of hydrogen-bond acceptors (Lipinski definition) is 4. The van der Waals surface area contributed by atoms with Crippen LogP contribution in [0.2, 0.25) is 0 Å². The van der Waals surface area contributed by atoms with Gasteiger partial charge in [-0.25, -0.2) is 4.79 Å². The van der Waals surface area contributed by atoms with Crippen LogP contribution in [0.25, 0.3) is 0 Å². The number of amides is 1. The van der Waals surface area contributed by atoms with Gasteiger partial charge in [-0.2, -0.15) is 0 Å². The van der Waals surface area contributed by atoms with Crippen LogP contribution >= 0.6 is 0 Å². The number of nitrogens with zero attached hydrogens (tertiary/aromatic N) is 1. The molecule has 0 radical (unpaired) electrons. The highest BCUT2D eigenvalue weighted by Crippen LogP contribution is 2.10. The smallest absolute Gasteiger partial charge is 0.410 e. The van der Waals surface area contributed by atoms with E-state index in [1.807, 2.05) is 20.8 Å². The summed E-state index contributed by atoms with van der Waals surface area (Å²) in [6.45, 7) is 8.23. The second-order valence-corrected chi connectivity index (χ2v) is 4.63. The van der Waals surface area contributed by atoms with Crippen molar-refractivity contribution in [3.05, 3.63) is 0 Å². The Morgan fingerprint density at radius 1 is 1.67 bits per heavy atom. The minimum absolute atomic E-state index is 0.265. The van der Waals surface area contributed by atoms with Crippen LogP contribution in [0.3, 0.4) is 0 Å². The number of piperazine rings is 1. The molecule has 1 fully saturated rings. The van der Waals surface area contributed by atoms with Crippen LogP contribution in [0, 0.1) is 0 Å². The Hall–Kier alpha value is -0.810. The first-order valence-corrected chi connectivity index (χ1v) is 5.36. The molecule has 1 rings (SSSR count). The van der Waals surface area contributed by atoms with E-state index in [2.05, 4.69) is 5.32 Å². The Bertz CT molecular complexity index is 231. The van der Waals surface area contributed by atoms with E-state index in [1.54, 1.807) is 4.90 Å². The first-order valence-electron chi connectivity index (χ1n) is 5.36. The van der Waals surface area contributed by atoms with Gasteiger partial charge in [-0.15, -0.1) is 0 Å². The fourth-order valence-corrected chi connectivity index (χ4v) is 1.44. The summed E-state index contributed by atoms with van der Waals surface area (Å²) in [5.41, 5.74) is 4.93. The molecule has 5 nitrogen and oxygen atoms in total. The standard InChI is InChI=1S/C10H21N3O2/c1-8-6-13(5-4-12-8)9(14)15-10(2,3)7-11/h8,12H,4-7,11H2,1-3H3. The Morgan fingerprint density at radius 3 is 2.87 bits per heavy atom. The zero-order valence-electron chi connectivity index (χ0n) is 9.75. The van der Waals surface area contributed by atoms with E-state index < -0.39 is 5.60 Å². The summed E-state index contributed by atoms with van der Waals surface area (Å²) in [6.07, 6.45) is -0.265. The molecule has 1 heterocycles. The monoisotopic (exact) mass is 215 g/mol. The van der Waals surface area contributed by atoms with Gasteiger partial charge >= 0.3 is 6.09 Å². The van der Waals surface area contributed by atoms with Crippen LogP contribution in [0.4, 0.5) is 4.79 Å². The van der Waals surface area contributed by atoms with Crippen LogP contribution in [-0.2, 0) is 4.74 Å². The number of hydrogen-bond donors (Lipinski definition) is 2. The van der Waals surface area contributed by atoms with Crippen molar-refractivity contribution in [3.63, 3.8) is 0 Å². The highest BCUT2D eigenvalue weighted by molar-refractivity contribution is 5.68. The highest BCUT2D eigenvalue weighted by Gasteiger charge is 2.27. The van der Waals surface area contributed by atoms with Crippen LogP contribution in [0.15, 0.2) is 0 Å². The molecule has 0 aromatic heterocycles. The average Bonchev–Trinajstić information content (AvgIpc) is 2.17. The van der Waals surface area contributed by atoms with E-state index >= 15 is 0 Å². The molecule has 0 aliphatic carbocycles. The second-order valence-electron chi connectivity index (χ2n) is 4.63. The molecule has 1 atom stereocenters. The molecule has 1 amide bonds. The molecule has 0 aromatic rings. The van der Waals surface area contributed by atoms with Gasteiger partial charge in [0.05, 0.1) is 0 Å². The quantitative estimate of drug-likeness (QED) is 0.688. The van der Waals surface area contributed by atoms with Crippen molar-refractivity contribution in [3.8, 4) is 0 Å². The largest absolute Gasteiger partial charge is 0.442 e. The third-order valence-electron chi connectivity index (χ3n) is 2.48. The number of nitrogens with one attached hydrogen (secondary N) is 1. The molecule has 3 N–H and O–H groups in total. The third-order valence-corrected chi connectivity index (χ3v) is 2.48. The lowest BCUT2D eigenvalue weighted by molar-refractivity contribution is 0.0145. The molecule has 0 bridgehead atoms. The predicted molar refractivity (Wildman–Crippen MR) is 58.7 cm³/mol. The lowest BCUT2D eigenvalue weighted by Gasteiger charge is -2.34. The van der Waals surface area contributed by atoms with E-state index in [0.717, 1.165) is 6.54 Å². The Kier molecular flexibility index (Phi) is 3.93. The zero-order chi connectivity index (χ0) is 11.5. The number of rotatable bonds is 2. The van der Waals surface area contributed by atoms with Gasteiger partial charge in [0.1, 0.15) is 5.60 Å². The highest BCUT2D eigenvalue weighted by atomic mass is 16.6. The van der Waals surface area contributed by atoms with Gasteiger partial charge in [0.25, 0.3) is 0 Å². The first-order chi connectivity index (χ1) is 6.94. The molecule has 1 aliphatic heterocycles. The van der Waals surface area contributed by atoms with Crippen LogP contribution < -0.4 is 11.1 Å². The van der Waals surface area contributed by atoms with E-state index in [4.69, 9.17) is 10.5 Å². The van der Waals surface area contributed by atoms with Gasteiger partial charge < -0.3 is 20.7 Å². The summed E-state index contributed by atoms with van der Waals surface area (Å²) in [7, 11) is 0. The molecule has 5 heteroatoms. The lowest BCUT2D eigenvalue weighted by Crippen LogP contribution is -2.53. The minimum atomic E-state index is -0.578. The summed E-state index contributed by atoms with van der Waals surface area (Å²) in [5.74, 6) is 0. The molecule has 1 unspecified atom stereocenters. The van der Waals surface area contributed by atoms with Gasteiger partial charge in [-0.05, 0) is 20.8 Å². The maximum Gasteiger partial charge on any atom is 0.410 e. The normalized spacial score (nSPS) is 22.7. The van der Waals surface area contributed by atoms with Crippen molar-refractivity contribution in [2.75, 3.05) is 26.2 Å². The number of nitrogens with two attached hydrogens (primary N) is 1. The number of ether oxygens (including phenoxy) is 1. The summed E-state index contributed by atoms with van der Waals surface area (Å²) < 4.78 is 5.31. The first kappa shape index (κ1) is 12.3. The summed E-state index contributed by atoms with van der Waals surface area (Å²) in [6, 6.07) is 0.326. The fourth-order valence-electron chi connectivity index (χ4n) is 1.44. The van der Waals surface area contributed by atoms with Crippen LogP contribution in [-0.4, -0.2) is 48.8 Å². The van der Waals surface area contributed by atoms with Gasteiger partial charge in [-0.1, -0.05) is 0 Å². The number of carbonyl (C=O) groups is 1. The summed E-state index contributed by atoms with van der Waals surface area (Å²) in [4.78, 5) is 13.5. The molecule has 0 saturated carbocycles. The maximum absolute atomic E-state index is 11.7. The Labute approximate surface area is 90.9 Å². The molecule has 1 aliphatic rings.